The highest BCUT2D eigenvalue weighted by molar-refractivity contribution is 9.11. The quantitative estimate of drug-likeness (QED) is 0.0815. The molecule has 0 heterocycles. The van der Waals surface area contributed by atoms with Gasteiger partial charge in [-0.1, -0.05) is 113 Å². The van der Waals surface area contributed by atoms with Crippen molar-refractivity contribution in [2.24, 2.45) is 11.5 Å². The van der Waals surface area contributed by atoms with E-state index < -0.39 is 0 Å². The molecule has 6 aromatic rings. The van der Waals surface area contributed by atoms with E-state index in [4.69, 9.17) is 35.0 Å². The van der Waals surface area contributed by atoms with Crippen LogP contribution in [0.2, 0.25) is 0 Å². The number of benzene rings is 6. The third-order valence-electron chi connectivity index (χ3n) is 9.02. The van der Waals surface area contributed by atoms with Crippen LogP contribution in [0.25, 0.3) is 0 Å². The molecule has 6 aromatic carbocycles. The van der Waals surface area contributed by atoms with Crippen molar-refractivity contribution in [3.63, 3.8) is 0 Å². The van der Waals surface area contributed by atoms with Crippen molar-refractivity contribution in [1.82, 2.24) is 9.67 Å². The zero-order valence-electron chi connectivity index (χ0n) is 34.2. The molecule has 0 amide bonds. The number of aryl methyl sites for hydroxylation is 1. The van der Waals surface area contributed by atoms with Crippen LogP contribution in [0.4, 0.5) is 0 Å². The number of halogens is 5. The van der Waals surface area contributed by atoms with Crippen LogP contribution in [0.5, 0.6) is 0 Å². The molecule has 4 nitrogen and oxygen atoms in total. The normalized spacial score (nSPS) is 10.1. The lowest BCUT2D eigenvalue weighted by molar-refractivity contribution is 0.898. The molecule has 0 bridgehead atoms. The molecule has 0 radical (unpaired) electrons. The SMILES string of the molecule is Cc1cc(C#Cc2cccc(C#Cc3cc(Br)cc(CCN)c3)c2)cc(CCN)c1.ClNCCc1cc(Br)cc(C#Cc2cccc(C#Cc3cc(Br)cc(CCNCl)c3)c2)c1. The van der Waals surface area contributed by atoms with Crippen LogP contribution in [0.3, 0.4) is 0 Å². The van der Waals surface area contributed by atoms with Crippen molar-refractivity contribution >= 4 is 71.3 Å². The molecule has 9 heteroatoms. The Labute approximate surface area is 402 Å². The summed E-state index contributed by atoms with van der Waals surface area (Å²) in [4.78, 5) is 5.31. The van der Waals surface area contributed by atoms with Gasteiger partial charge in [-0.05, 0) is 200 Å². The predicted octanol–water partition coefficient (Wildman–Crippen LogP) is 11.1. The smallest absolute Gasteiger partial charge is 0.0263 e. The first kappa shape index (κ1) is 48.5. The Kier molecular flexibility index (Phi) is 20.4. The van der Waals surface area contributed by atoms with Gasteiger partial charge in [-0.15, -0.1) is 0 Å². The van der Waals surface area contributed by atoms with Gasteiger partial charge in [-0.3, -0.25) is 0 Å². The summed E-state index contributed by atoms with van der Waals surface area (Å²) in [6.07, 6.45) is 3.37. The first-order valence-corrected chi connectivity index (χ1v) is 23.1. The van der Waals surface area contributed by atoms with E-state index in [0.717, 1.165) is 83.6 Å². The minimum absolute atomic E-state index is 0.624. The number of hydrogen-bond acceptors (Lipinski definition) is 4. The Morgan fingerprint density at radius 3 is 1.05 bits per heavy atom. The number of nitrogens with two attached hydrogens (primary N) is 2. The van der Waals surface area contributed by atoms with Gasteiger partial charge in [0.1, 0.15) is 0 Å². The maximum Gasteiger partial charge on any atom is 0.0263 e. The second kappa shape index (κ2) is 26.1. The van der Waals surface area contributed by atoms with Gasteiger partial charge in [0.05, 0.1) is 0 Å². The van der Waals surface area contributed by atoms with E-state index in [1.807, 2.05) is 66.7 Å². The maximum absolute atomic E-state index is 5.69. The second-order valence-corrected chi connectivity index (χ2v) is 17.5. The van der Waals surface area contributed by atoms with Crippen molar-refractivity contribution in [2.45, 2.75) is 32.6 Å². The zero-order valence-corrected chi connectivity index (χ0v) is 40.5. The Morgan fingerprint density at radius 2 is 0.710 bits per heavy atom. The largest absolute Gasteiger partial charge is 0.330 e. The third kappa shape index (κ3) is 17.3. The molecule has 62 heavy (non-hydrogen) atoms. The minimum atomic E-state index is 0.624. The van der Waals surface area contributed by atoms with Crippen LogP contribution >= 0.6 is 71.3 Å². The summed E-state index contributed by atoms with van der Waals surface area (Å²) < 4.78 is 3.02. The fourth-order valence-corrected chi connectivity index (χ4v) is 8.13. The van der Waals surface area contributed by atoms with E-state index in [-0.39, 0.29) is 0 Å². The van der Waals surface area contributed by atoms with Gasteiger partial charge in [-0.2, -0.15) is 0 Å². The number of nitrogens with one attached hydrogen (secondary N) is 2. The standard InChI is InChI=1S/C27H25BrN2.C26H20Br2Cl2N2/c1-20-13-23(16-25(14-20)9-11-29)7-5-21-3-2-4-22(15-21)6-8-24-17-26(10-12-30)19-27(28)18-24;27-25-15-21(13-23(17-25)8-10-31-29)6-4-19-2-1-3-20(12-19)5-7-22-14-24(9-11-32-30)18-26(28)16-22/h2-4,13-19H,9-12,29-30H2,1H3;1-3,12-18,31-32H,8-11H2. The minimum Gasteiger partial charge on any atom is -0.330 e. The van der Waals surface area contributed by atoms with E-state index in [1.165, 1.54) is 27.8 Å². The lowest BCUT2D eigenvalue weighted by atomic mass is 10.0. The van der Waals surface area contributed by atoms with E-state index in [0.29, 0.717) is 26.2 Å². The van der Waals surface area contributed by atoms with Crippen LogP contribution in [-0.2, 0) is 25.7 Å². The first-order valence-electron chi connectivity index (χ1n) is 20.0. The summed E-state index contributed by atoms with van der Waals surface area (Å²) in [6.45, 7) is 4.76. The molecule has 0 aliphatic heterocycles. The van der Waals surface area contributed by atoms with E-state index >= 15 is 0 Å². The molecule has 0 atom stereocenters. The van der Waals surface area contributed by atoms with E-state index in [2.05, 4.69) is 166 Å². The average molecular weight is 1050 g/mol. The highest BCUT2D eigenvalue weighted by atomic mass is 79.9. The van der Waals surface area contributed by atoms with E-state index in [1.54, 1.807) is 0 Å². The van der Waals surface area contributed by atoms with Crippen molar-refractivity contribution in [3.05, 3.63) is 207 Å². The highest BCUT2D eigenvalue weighted by Gasteiger charge is 2.02. The van der Waals surface area contributed by atoms with Crippen molar-refractivity contribution in [1.29, 1.82) is 0 Å². The predicted molar refractivity (Wildman–Crippen MR) is 271 cm³/mol. The van der Waals surface area contributed by atoms with Crippen molar-refractivity contribution in [3.8, 4) is 47.4 Å². The summed E-state index contributed by atoms with van der Waals surface area (Å²) in [5.41, 5.74) is 24.9. The van der Waals surface area contributed by atoms with Crippen molar-refractivity contribution in [2.75, 3.05) is 26.2 Å². The van der Waals surface area contributed by atoms with Gasteiger partial charge in [0.25, 0.3) is 0 Å². The van der Waals surface area contributed by atoms with Gasteiger partial charge >= 0.3 is 0 Å². The van der Waals surface area contributed by atoms with Crippen molar-refractivity contribution < 1.29 is 0 Å². The summed E-state index contributed by atoms with van der Waals surface area (Å²) in [7, 11) is 0. The fourth-order valence-electron chi connectivity index (χ4n) is 6.32. The molecular weight excluding hydrogens is 1000 g/mol. The Bertz CT molecular complexity index is 2560. The second-order valence-electron chi connectivity index (χ2n) is 14.3. The monoisotopic (exact) mass is 1040 g/mol. The highest BCUT2D eigenvalue weighted by Crippen LogP contribution is 2.19. The van der Waals surface area contributed by atoms with Crippen LogP contribution in [0.1, 0.15) is 72.3 Å². The molecule has 0 saturated carbocycles. The Hall–Kier alpha value is -4.58. The fraction of sp³-hybridized carbons (Fsp3) is 0.170. The Balaban J connectivity index is 0.000000235. The molecule has 0 aliphatic rings. The van der Waals surface area contributed by atoms with Crippen LogP contribution in [0.15, 0.2) is 135 Å². The number of rotatable bonds is 10. The van der Waals surface area contributed by atoms with Crippen LogP contribution < -0.4 is 21.1 Å². The van der Waals surface area contributed by atoms with Gasteiger partial charge in [0.15, 0.2) is 0 Å². The first-order chi connectivity index (χ1) is 30.1. The summed E-state index contributed by atoms with van der Waals surface area (Å²) in [5, 5.41) is 0. The average Bonchev–Trinajstić information content (AvgIpc) is 3.25. The molecule has 6 N–H and O–H groups in total. The topological polar surface area (TPSA) is 76.1 Å². The lowest BCUT2D eigenvalue weighted by Gasteiger charge is -2.02. The van der Waals surface area contributed by atoms with Gasteiger partial charge in [0, 0.05) is 71.0 Å². The van der Waals surface area contributed by atoms with E-state index in [9.17, 15) is 0 Å². The molecule has 6 rings (SSSR count). The van der Waals surface area contributed by atoms with Crippen LogP contribution in [0, 0.1) is 54.3 Å². The molecule has 0 saturated heterocycles. The molecule has 0 spiro atoms. The van der Waals surface area contributed by atoms with Crippen LogP contribution in [-0.4, -0.2) is 26.2 Å². The molecule has 312 valence electrons. The van der Waals surface area contributed by atoms with Gasteiger partial charge < -0.3 is 11.5 Å². The van der Waals surface area contributed by atoms with Gasteiger partial charge in [0.2, 0.25) is 0 Å². The maximum atomic E-state index is 5.69. The molecule has 0 aliphatic carbocycles. The number of hydrogen-bond donors (Lipinski definition) is 4. The molecule has 0 unspecified atom stereocenters. The summed E-state index contributed by atoms with van der Waals surface area (Å²) in [6, 6.07) is 40.9. The molecule has 0 aromatic heterocycles. The molecule has 0 fully saturated rings. The third-order valence-corrected chi connectivity index (χ3v) is 10.8. The zero-order chi connectivity index (χ0) is 44.1. The summed E-state index contributed by atoms with van der Waals surface area (Å²) in [5.74, 6) is 26.0. The molecular formula is C53H45Br3Cl2N4. The lowest BCUT2D eigenvalue weighted by Crippen LogP contribution is -2.04. The summed E-state index contributed by atoms with van der Waals surface area (Å²) >= 11 is 21.8. The Morgan fingerprint density at radius 1 is 0.403 bits per heavy atom. The van der Waals surface area contributed by atoms with Gasteiger partial charge in [-0.25, -0.2) is 9.67 Å².